The first kappa shape index (κ1) is 21.7. The SMILES string of the molecule is CCc1ccc(C2/C(=C(\O)c3cc(OC)ccc3Cl)C(=O)C(=O)N2c2ccccc2)cc1. The molecule has 0 spiro atoms. The van der Waals surface area contributed by atoms with Crippen LogP contribution in [0, 0.1) is 0 Å². The Bertz CT molecular complexity index is 1200. The van der Waals surface area contributed by atoms with E-state index in [0.29, 0.717) is 17.0 Å². The number of benzene rings is 3. The number of hydrogen-bond acceptors (Lipinski definition) is 4. The molecule has 1 aliphatic rings. The molecular weight excluding hydrogens is 426 g/mol. The third kappa shape index (κ3) is 3.76. The maximum absolute atomic E-state index is 13.2. The molecule has 6 heteroatoms. The second kappa shape index (κ2) is 8.89. The number of anilines is 1. The normalized spacial score (nSPS) is 17.6. The Morgan fingerprint density at radius 1 is 1.03 bits per heavy atom. The van der Waals surface area contributed by atoms with Crippen molar-refractivity contribution in [3.63, 3.8) is 0 Å². The third-order valence-electron chi connectivity index (χ3n) is 5.61. The van der Waals surface area contributed by atoms with Gasteiger partial charge in [-0.15, -0.1) is 0 Å². The van der Waals surface area contributed by atoms with E-state index in [4.69, 9.17) is 16.3 Å². The average Bonchev–Trinajstić information content (AvgIpc) is 3.10. The summed E-state index contributed by atoms with van der Waals surface area (Å²) in [6.07, 6.45) is 0.860. The molecule has 1 aliphatic heterocycles. The van der Waals surface area contributed by atoms with Gasteiger partial charge < -0.3 is 9.84 Å². The van der Waals surface area contributed by atoms with E-state index < -0.39 is 17.7 Å². The van der Waals surface area contributed by atoms with Crippen LogP contribution < -0.4 is 9.64 Å². The first-order chi connectivity index (χ1) is 15.5. The number of aliphatic hydroxyl groups excluding tert-OH is 1. The quantitative estimate of drug-likeness (QED) is 0.317. The minimum atomic E-state index is -0.800. The lowest BCUT2D eigenvalue weighted by molar-refractivity contribution is -0.132. The highest BCUT2D eigenvalue weighted by atomic mass is 35.5. The van der Waals surface area contributed by atoms with Gasteiger partial charge >= 0.3 is 0 Å². The van der Waals surface area contributed by atoms with E-state index in [9.17, 15) is 14.7 Å². The zero-order chi connectivity index (χ0) is 22.8. The summed E-state index contributed by atoms with van der Waals surface area (Å²) >= 11 is 6.34. The number of ether oxygens (including phenoxy) is 1. The number of methoxy groups -OCH3 is 1. The van der Waals surface area contributed by atoms with Crippen LogP contribution >= 0.6 is 11.6 Å². The smallest absolute Gasteiger partial charge is 0.300 e. The standard InChI is InChI=1S/C26H22ClNO4/c1-3-16-9-11-17(12-10-16)23-22(24(29)20-15-19(32-2)13-14-21(20)27)25(30)26(31)28(23)18-7-5-4-6-8-18/h4-15,23,29H,3H2,1-2H3/b24-22+. The van der Waals surface area contributed by atoms with Gasteiger partial charge in [0.15, 0.2) is 0 Å². The van der Waals surface area contributed by atoms with E-state index in [0.717, 1.165) is 12.0 Å². The van der Waals surface area contributed by atoms with E-state index in [2.05, 4.69) is 6.92 Å². The van der Waals surface area contributed by atoms with Crippen molar-refractivity contribution in [3.8, 4) is 5.75 Å². The number of carbonyl (C=O) groups excluding carboxylic acids is 2. The molecule has 0 aromatic heterocycles. The minimum Gasteiger partial charge on any atom is -0.507 e. The van der Waals surface area contributed by atoms with Gasteiger partial charge in [-0.3, -0.25) is 14.5 Å². The first-order valence-corrected chi connectivity index (χ1v) is 10.6. The van der Waals surface area contributed by atoms with Gasteiger partial charge in [0.2, 0.25) is 0 Å². The monoisotopic (exact) mass is 447 g/mol. The fraction of sp³-hybridized carbons (Fsp3) is 0.154. The topological polar surface area (TPSA) is 66.8 Å². The van der Waals surface area contributed by atoms with Crippen molar-refractivity contribution < 1.29 is 19.4 Å². The summed E-state index contributed by atoms with van der Waals surface area (Å²) in [7, 11) is 1.50. The van der Waals surface area contributed by atoms with E-state index in [1.165, 1.54) is 12.0 Å². The van der Waals surface area contributed by atoms with Gasteiger partial charge in [0.1, 0.15) is 11.5 Å². The number of aryl methyl sites for hydroxylation is 1. The average molecular weight is 448 g/mol. The number of halogens is 1. The highest BCUT2D eigenvalue weighted by Crippen LogP contribution is 2.43. The molecule has 3 aromatic rings. The maximum atomic E-state index is 13.2. The van der Waals surface area contributed by atoms with Crippen molar-refractivity contribution in [2.75, 3.05) is 12.0 Å². The van der Waals surface area contributed by atoms with Crippen LogP contribution in [0.4, 0.5) is 5.69 Å². The first-order valence-electron chi connectivity index (χ1n) is 10.2. The molecule has 1 N–H and O–H groups in total. The van der Waals surface area contributed by atoms with Crippen LogP contribution in [0.3, 0.4) is 0 Å². The van der Waals surface area contributed by atoms with Crippen molar-refractivity contribution in [2.24, 2.45) is 0 Å². The zero-order valence-electron chi connectivity index (χ0n) is 17.7. The number of amides is 1. The molecule has 1 fully saturated rings. The summed E-state index contributed by atoms with van der Waals surface area (Å²) in [5.74, 6) is -1.34. The highest BCUT2D eigenvalue weighted by Gasteiger charge is 2.47. The molecule has 3 aromatic carbocycles. The molecule has 0 saturated carbocycles. The van der Waals surface area contributed by atoms with Crippen molar-refractivity contribution >= 4 is 34.7 Å². The molecular formula is C26H22ClNO4. The van der Waals surface area contributed by atoms with E-state index in [-0.39, 0.29) is 21.9 Å². The summed E-state index contributed by atoms with van der Waals surface area (Å²) in [5.41, 5.74) is 2.62. The van der Waals surface area contributed by atoms with Crippen LogP contribution in [0.15, 0.2) is 78.4 Å². The Morgan fingerprint density at radius 2 is 1.72 bits per heavy atom. The lowest BCUT2D eigenvalue weighted by Gasteiger charge is -2.25. The molecule has 0 aliphatic carbocycles. The minimum absolute atomic E-state index is 0.0155. The number of hydrogen-bond donors (Lipinski definition) is 1. The van der Waals surface area contributed by atoms with Crippen molar-refractivity contribution in [3.05, 3.63) is 100 Å². The van der Waals surface area contributed by atoms with Crippen molar-refractivity contribution in [2.45, 2.75) is 19.4 Å². The molecule has 4 rings (SSSR count). The van der Waals surface area contributed by atoms with Crippen LogP contribution in [-0.2, 0) is 16.0 Å². The molecule has 32 heavy (non-hydrogen) atoms. The fourth-order valence-electron chi connectivity index (χ4n) is 3.90. The molecule has 1 unspecified atom stereocenters. The number of para-hydroxylation sites is 1. The summed E-state index contributed by atoms with van der Waals surface area (Å²) < 4.78 is 5.24. The van der Waals surface area contributed by atoms with Gasteiger partial charge in [0.25, 0.3) is 11.7 Å². The van der Waals surface area contributed by atoms with Crippen molar-refractivity contribution in [1.29, 1.82) is 0 Å². The molecule has 162 valence electrons. The number of ketones is 1. The van der Waals surface area contributed by atoms with E-state index >= 15 is 0 Å². The Kier molecular flexibility index (Phi) is 6.01. The molecule has 1 heterocycles. The summed E-state index contributed by atoms with van der Waals surface area (Å²) in [4.78, 5) is 27.8. The number of rotatable bonds is 5. The van der Waals surface area contributed by atoms with Gasteiger partial charge in [-0.2, -0.15) is 0 Å². The molecule has 1 amide bonds. The predicted molar refractivity (Wildman–Crippen MR) is 125 cm³/mol. The number of aliphatic hydroxyl groups is 1. The molecule has 0 radical (unpaired) electrons. The van der Waals surface area contributed by atoms with Crippen molar-refractivity contribution in [1.82, 2.24) is 0 Å². The van der Waals surface area contributed by atoms with Gasteiger partial charge in [-0.1, -0.05) is 61.0 Å². The third-order valence-corrected chi connectivity index (χ3v) is 5.94. The molecule has 1 atom stereocenters. The summed E-state index contributed by atoms with van der Waals surface area (Å²) in [6.45, 7) is 2.05. The van der Waals surface area contributed by atoms with Gasteiger partial charge in [0.05, 0.1) is 23.7 Å². The van der Waals surface area contributed by atoms with Crippen LogP contribution in [0.25, 0.3) is 5.76 Å². The van der Waals surface area contributed by atoms with Gasteiger partial charge in [-0.25, -0.2) is 0 Å². The Hall–Kier alpha value is -3.57. The van der Waals surface area contributed by atoms with Crippen LogP contribution in [-0.4, -0.2) is 23.9 Å². The molecule has 1 saturated heterocycles. The molecule has 0 bridgehead atoms. The predicted octanol–water partition coefficient (Wildman–Crippen LogP) is 5.54. The summed E-state index contributed by atoms with van der Waals surface area (Å²) in [5, 5.41) is 11.5. The Balaban J connectivity index is 1.96. The molecule has 5 nitrogen and oxygen atoms in total. The zero-order valence-corrected chi connectivity index (χ0v) is 18.5. The van der Waals surface area contributed by atoms with Gasteiger partial charge in [0, 0.05) is 11.3 Å². The lowest BCUT2D eigenvalue weighted by Crippen LogP contribution is -2.29. The number of nitrogens with zero attached hydrogens (tertiary/aromatic N) is 1. The Labute approximate surface area is 191 Å². The van der Waals surface area contributed by atoms with Crippen LogP contribution in [0.5, 0.6) is 5.75 Å². The van der Waals surface area contributed by atoms with Crippen LogP contribution in [0.1, 0.15) is 29.7 Å². The second-order valence-corrected chi connectivity index (χ2v) is 7.85. The van der Waals surface area contributed by atoms with Gasteiger partial charge in [-0.05, 0) is 47.9 Å². The van der Waals surface area contributed by atoms with Crippen LogP contribution in [0.2, 0.25) is 5.02 Å². The second-order valence-electron chi connectivity index (χ2n) is 7.45. The number of carbonyl (C=O) groups is 2. The largest absolute Gasteiger partial charge is 0.507 e. The van der Waals surface area contributed by atoms with E-state index in [1.807, 2.05) is 30.3 Å². The highest BCUT2D eigenvalue weighted by molar-refractivity contribution is 6.52. The van der Waals surface area contributed by atoms with E-state index in [1.54, 1.807) is 42.5 Å². The number of Topliss-reactive ketones (excluding diaryl/α,β-unsaturated/α-hetero) is 1. The lowest BCUT2D eigenvalue weighted by atomic mass is 9.94. The summed E-state index contributed by atoms with van der Waals surface area (Å²) in [6, 6.07) is 20.6. The maximum Gasteiger partial charge on any atom is 0.300 e. The Morgan fingerprint density at radius 3 is 2.34 bits per heavy atom. The fourth-order valence-corrected chi connectivity index (χ4v) is 4.10.